The van der Waals surface area contributed by atoms with Crippen molar-refractivity contribution in [1.29, 1.82) is 0 Å². The van der Waals surface area contributed by atoms with Crippen molar-refractivity contribution in [3.05, 3.63) is 0 Å². The van der Waals surface area contributed by atoms with Gasteiger partial charge in [0.25, 0.3) is 0 Å². The number of alkyl carbamates (subject to hydrolysis) is 1. The number of hydrogen-bond donors (Lipinski definition) is 2. The summed E-state index contributed by atoms with van der Waals surface area (Å²) in [5.41, 5.74) is 4.71. The van der Waals surface area contributed by atoms with Gasteiger partial charge in [0, 0.05) is 26.2 Å². The Balaban J connectivity index is 0.000000326. The Bertz CT molecular complexity index is 531. The number of ether oxygens (including phenoxy) is 1. The van der Waals surface area contributed by atoms with Crippen LogP contribution in [0.1, 0.15) is 60.3 Å². The molecule has 3 N–H and O–H groups in total. The van der Waals surface area contributed by atoms with Crippen molar-refractivity contribution >= 4 is 17.9 Å². The van der Waals surface area contributed by atoms with Gasteiger partial charge in [0.15, 0.2) is 0 Å². The van der Waals surface area contributed by atoms with Crippen LogP contribution < -0.4 is 11.1 Å². The number of piperidine rings is 2. The molecule has 8 nitrogen and oxygen atoms in total. The summed E-state index contributed by atoms with van der Waals surface area (Å²) < 4.78 is 5.07. The molecule has 0 saturated carbocycles. The van der Waals surface area contributed by atoms with E-state index in [0.717, 1.165) is 57.8 Å². The van der Waals surface area contributed by atoms with Crippen molar-refractivity contribution in [2.45, 2.75) is 65.9 Å². The monoisotopic (exact) mass is 412 g/mol. The van der Waals surface area contributed by atoms with Gasteiger partial charge in [-0.2, -0.15) is 0 Å². The summed E-state index contributed by atoms with van der Waals surface area (Å²) >= 11 is 0. The third-order valence-corrected chi connectivity index (χ3v) is 5.23. The molecule has 0 aliphatic carbocycles. The zero-order chi connectivity index (χ0) is 22.0. The number of hydrogen-bond acceptors (Lipinski definition) is 5. The van der Waals surface area contributed by atoms with Crippen LogP contribution in [0.5, 0.6) is 0 Å². The van der Waals surface area contributed by atoms with Crippen molar-refractivity contribution in [1.82, 2.24) is 15.1 Å². The van der Waals surface area contributed by atoms with E-state index >= 15 is 0 Å². The molecular weight excluding hydrogens is 372 g/mol. The van der Waals surface area contributed by atoms with E-state index in [9.17, 15) is 14.4 Å². The molecule has 0 spiro atoms. The third-order valence-electron chi connectivity index (χ3n) is 5.23. The van der Waals surface area contributed by atoms with Gasteiger partial charge in [-0.05, 0) is 58.3 Å². The van der Waals surface area contributed by atoms with Crippen molar-refractivity contribution in [2.75, 3.05) is 39.3 Å². The number of carbonyl (C=O) groups excluding carboxylic acids is 3. The Kier molecular flexibility index (Phi) is 10.4. The molecule has 0 bridgehead atoms. The summed E-state index contributed by atoms with van der Waals surface area (Å²) in [4.78, 5) is 38.0. The van der Waals surface area contributed by atoms with Crippen molar-refractivity contribution < 1.29 is 19.1 Å². The van der Waals surface area contributed by atoms with Gasteiger partial charge < -0.3 is 25.6 Å². The number of nitrogens with one attached hydrogen (secondary N) is 1. The molecule has 2 rings (SSSR count). The smallest absolute Gasteiger partial charge is 0.408 e. The number of carbonyl (C=O) groups is 3. The molecule has 168 valence electrons. The summed E-state index contributed by atoms with van der Waals surface area (Å²) in [6, 6.07) is 0. The molecular formula is C21H40N4O4. The Morgan fingerprint density at radius 3 is 1.69 bits per heavy atom. The lowest BCUT2D eigenvalue weighted by Gasteiger charge is -2.30. The highest BCUT2D eigenvalue weighted by molar-refractivity contribution is 5.82. The van der Waals surface area contributed by atoms with Crippen LogP contribution in [-0.2, 0) is 14.3 Å². The maximum Gasteiger partial charge on any atom is 0.408 e. The van der Waals surface area contributed by atoms with Crippen LogP contribution in [0.2, 0.25) is 0 Å². The van der Waals surface area contributed by atoms with E-state index in [-0.39, 0.29) is 24.9 Å². The average molecular weight is 413 g/mol. The largest absolute Gasteiger partial charge is 0.444 e. The second-order valence-corrected chi connectivity index (χ2v) is 9.19. The van der Waals surface area contributed by atoms with Crippen molar-refractivity contribution in [3.8, 4) is 0 Å². The molecule has 0 unspecified atom stereocenters. The number of nitrogens with zero attached hydrogens (tertiary/aromatic N) is 2. The molecule has 0 aromatic carbocycles. The SMILES string of the molecule is CC1CCN(C(=O)CN)CC1.CC1CCN(C(=O)CNC(=O)OC(C)(C)C)CC1. The summed E-state index contributed by atoms with van der Waals surface area (Å²) in [5.74, 6) is 1.52. The highest BCUT2D eigenvalue weighted by Crippen LogP contribution is 2.16. The van der Waals surface area contributed by atoms with Crippen LogP contribution in [0.25, 0.3) is 0 Å². The van der Waals surface area contributed by atoms with Gasteiger partial charge in [-0.25, -0.2) is 4.79 Å². The average Bonchev–Trinajstić information content (AvgIpc) is 2.66. The molecule has 3 amide bonds. The summed E-state index contributed by atoms with van der Waals surface area (Å²) in [5, 5.41) is 2.50. The van der Waals surface area contributed by atoms with Crippen LogP contribution in [0.3, 0.4) is 0 Å². The van der Waals surface area contributed by atoms with Crippen LogP contribution >= 0.6 is 0 Å². The summed E-state index contributed by atoms with van der Waals surface area (Å²) in [7, 11) is 0. The highest BCUT2D eigenvalue weighted by Gasteiger charge is 2.22. The first-order valence-electron chi connectivity index (χ1n) is 10.7. The summed E-state index contributed by atoms with van der Waals surface area (Å²) in [6.07, 6.45) is 3.80. The van der Waals surface area contributed by atoms with E-state index in [0.29, 0.717) is 5.92 Å². The molecule has 0 atom stereocenters. The number of likely N-dealkylation sites (tertiary alicyclic amines) is 2. The molecule has 2 aliphatic rings. The minimum Gasteiger partial charge on any atom is -0.444 e. The van der Waals surface area contributed by atoms with E-state index in [2.05, 4.69) is 19.2 Å². The molecule has 2 saturated heterocycles. The van der Waals surface area contributed by atoms with Gasteiger partial charge in [0.1, 0.15) is 12.1 Å². The predicted molar refractivity (Wildman–Crippen MR) is 113 cm³/mol. The van der Waals surface area contributed by atoms with E-state index < -0.39 is 11.7 Å². The lowest BCUT2D eigenvalue weighted by molar-refractivity contribution is -0.132. The fourth-order valence-electron chi connectivity index (χ4n) is 3.22. The molecule has 2 aliphatic heterocycles. The molecule has 2 heterocycles. The zero-order valence-electron chi connectivity index (χ0n) is 18.8. The quantitative estimate of drug-likeness (QED) is 0.737. The van der Waals surface area contributed by atoms with Gasteiger partial charge >= 0.3 is 6.09 Å². The van der Waals surface area contributed by atoms with E-state index in [4.69, 9.17) is 10.5 Å². The van der Waals surface area contributed by atoms with E-state index in [1.807, 2.05) is 4.90 Å². The van der Waals surface area contributed by atoms with Gasteiger partial charge in [0.2, 0.25) is 11.8 Å². The lowest BCUT2D eigenvalue weighted by atomic mass is 9.99. The molecule has 2 fully saturated rings. The number of rotatable bonds is 3. The lowest BCUT2D eigenvalue weighted by Crippen LogP contribution is -2.44. The fraction of sp³-hybridized carbons (Fsp3) is 0.857. The molecule has 29 heavy (non-hydrogen) atoms. The standard InChI is InChI=1S/C13H24N2O3.C8H16N2O/c1-10-5-7-15(8-6-10)11(16)9-14-12(17)18-13(2,3)4;1-7-2-4-10(5-3-7)8(11)6-9/h10H,5-9H2,1-4H3,(H,14,17);7H,2-6,9H2,1H3. The Hall–Kier alpha value is -1.83. The summed E-state index contributed by atoms with van der Waals surface area (Å²) in [6.45, 7) is 13.4. The Labute approximate surface area is 175 Å². The first-order valence-corrected chi connectivity index (χ1v) is 10.7. The first-order chi connectivity index (χ1) is 13.5. The Morgan fingerprint density at radius 2 is 1.31 bits per heavy atom. The second-order valence-electron chi connectivity index (χ2n) is 9.19. The molecule has 0 radical (unpaired) electrons. The fourth-order valence-corrected chi connectivity index (χ4v) is 3.22. The maximum absolute atomic E-state index is 11.8. The van der Waals surface area contributed by atoms with Crippen LogP contribution in [0.15, 0.2) is 0 Å². The minimum atomic E-state index is -0.541. The number of nitrogens with two attached hydrogens (primary N) is 1. The number of amides is 3. The zero-order valence-corrected chi connectivity index (χ0v) is 18.8. The predicted octanol–water partition coefficient (Wildman–Crippen LogP) is 1.97. The third kappa shape index (κ3) is 10.5. The van der Waals surface area contributed by atoms with Crippen molar-refractivity contribution in [2.24, 2.45) is 17.6 Å². The maximum atomic E-state index is 11.8. The van der Waals surface area contributed by atoms with Gasteiger partial charge in [-0.15, -0.1) is 0 Å². The van der Waals surface area contributed by atoms with Gasteiger partial charge in [-0.3, -0.25) is 9.59 Å². The van der Waals surface area contributed by atoms with Crippen LogP contribution in [-0.4, -0.2) is 72.6 Å². The van der Waals surface area contributed by atoms with E-state index in [1.54, 1.807) is 25.7 Å². The Morgan fingerprint density at radius 1 is 0.897 bits per heavy atom. The highest BCUT2D eigenvalue weighted by atomic mass is 16.6. The van der Waals surface area contributed by atoms with Gasteiger partial charge in [-0.1, -0.05) is 13.8 Å². The molecule has 8 heteroatoms. The van der Waals surface area contributed by atoms with Crippen LogP contribution in [0.4, 0.5) is 4.79 Å². The normalized spacial score (nSPS) is 18.6. The molecule has 0 aromatic rings. The molecule has 0 aromatic heterocycles. The van der Waals surface area contributed by atoms with Crippen LogP contribution in [0, 0.1) is 11.8 Å². The second kappa shape index (κ2) is 12.0. The first kappa shape index (κ1) is 25.2. The van der Waals surface area contributed by atoms with Gasteiger partial charge in [0.05, 0.1) is 6.54 Å². The van der Waals surface area contributed by atoms with Crippen molar-refractivity contribution in [3.63, 3.8) is 0 Å². The minimum absolute atomic E-state index is 0.0172. The van der Waals surface area contributed by atoms with E-state index in [1.165, 1.54) is 0 Å². The topological polar surface area (TPSA) is 105 Å².